The summed E-state index contributed by atoms with van der Waals surface area (Å²) in [5, 5.41) is 2.60. The number of anilines is 1. The molecule has 0 unspecified atom stereocenters. The van der Waals surface area contributed by atoms with Gasteiger partial charge >= 0.3 is 0 Å². The summed E-state index contributed by atoms with van der Waals surface area (Å²) in [6.07, 6.45) is 6.53. The van der Waals surface area contributed by atoms with E-state index >= 15 is 0 Å². The van der Waals surface area contributed by atoms with Gasteiger partial charge in [0, 0.05) is 6.20 Å². The highest BCUT2D eigenvalue weighted by Crippen LogP contribution is 2.52. The molecule has 0 spiro atoms. The number of rotatable bonds is 3. The van der Waals surface area contributed by atoms with E-state index in [2.05, 4.69) is 10.3 Å². The zero-order valence-corrected chi connectivity index (χ0v) is 11.8. The fourth-order valence-corrected chi connectivity index (χ4v) is 3.88. The van der Waals surface area contributed by atoms with E-state index in [1.165, 1.54) is 0 Å². The van der Waals surface area contributed by atoms with Gasteiger partial charge in [0.25, 0.3) is 0 Å². The molecule has 1 saturated heterocycles. The first-order chi connectivity index (χ1) is 10.6. The van der Waals surface area contributed by atoms with Gasteiger partial charge in [0.1, 0.15) is 12.4 Å². The lowest BCUT2D eigenvalue weighted by atomic mass is 9.85. The van der Waals surface area contributed by atoms with Crippen LogP contribution < -0.4 is 5.32 Å². The Morgan fingerprint density at radius 1 is 1.18 bits per heavy atom. The van der Waals surface area contributed by atoms with E-state index in [1.807, 2.05) is 12.2 Å². The molecule has 3 amide bonds. The van der Waals surface area contributed by atoms with Crippen molar-refractivity contribution in [2.75, 3.05) is 11.9 Å². The number of carbonyl (C=O) groups is 3. The molecule has 6 nitrogen and oxygen atoms in total. The number of hydrogen-bond donors (Lipinski definition) is 1. The fraction of sp³-hybridized carbons (Fsp3) is 0.375. The van der Waals surface area contributed by atoms with Crippen molar-refractivity contribution < 1.29 is 14.4 Å². The molecule has 1 aromatic heterocycles. The maximum absolute atomic E-state index is 12.5. The van der Waals surface area contributed by atoms with E-state index in [1.54, 1.807) is 24.4 Å². The Morgan fingerprint density at radius 2 is 1.86 bits per heavy atom. The van der Waals surface area contributed by atoms with Crippen molar-refractivity contribution in [2.45, 2.75) is 6.42 Å². The van der Waals surface area contributed by atoms with Crippen molar-refractivity contribution in [1.29, 1.82) is 0 Å². The molecule has 2 bridgehead atoms. The summed E-state index contributed by atoms with van der Waals surface area (Å²) in [7, 11) is 0. The SMILES string of the molecule is O=C(CN1C(=O)[C@@H]2[C@H](C1=O)[C@H]1C=C[C@H]2C1)Nc1ccccn1. The van der Waals surface area contributed by atoms with Crippen LogP contribution in [0.25, 0.3) is 0 Å². The largest absolute Gasteiger partial charge is 0.309 e. The summed E-state index contributed by atoms with van der Waals surface area (Å²) >= 11 is 0. The molecule has 22 heavy (non-hydrogen) atoms. The third-order valence-electron chi connectivity index (χ3n) is 4.80. The molecule has 1 N–H and O–H groups in total. The number of nitrogens with zero attached hydrogens (tertiary/aromatic N) is 2. The standard InChI is InChI=1S/C16H15N3O3/c20-12(18-11-3-1-2-6-17-11)8-19-15(21)13-9-4-5-10(7-9)14(13)16(19)22/h1-6,9-10,13-14H,7-8H2,(H,17,18,20)/t9-,10-,13-,14+/m0/s1. The second-order valence-corrected chi connectivity index (χ2v) is 6.03. The Bertz CT molecular complexity index is 655. The molecule has 2 aliphatic carbocycles. The van der Waals surface area contributed by atoms with E-state index in [4.69, 9.17) is 0 Å². The Morgan fingerprint density at radius 3 is 2.45 bits per heavy atom. The summed E-state index contributed by atoms with van der Waals surface area (Å²) in [6.45, 7) is -0.235. The minimum Gasteiger partial charge on any atom is -0.309 e. The van der Waals surface area contributed by atoms with Crippen LogP contribution in [0.4, 0.5) is 5.82 Å². The number of allylic oxidation sites excluding steroid dienone is 2. The van der Waals surface area contributed by atoms with Crippen molar-refractivity contribution in [3.63, 3.8) is 0 Å². The number of carbonyl (C=O) groups excluding carboxylic acids is 3. The summed E-state index contributed by atoms with van der Waals surface area (Å²) in [5.74, 6) is -0.596. The van der Waals surface area contributed by atoms with E-state index < -0.39 is 5.91 Å². The number of imide groups is 1. The summed E-state index contributed by atoms with van der Waals surface area (Å²) < 4.78 is 0. The molecule has 1 aliphatic heterocycles. The Kier molecular flexibility index (Phi) is 2.85. The number of aromatic nitrogens is 1. The first-order valence-corrected chi connectivity index (χ1v) is 7.39. The van der Waals surface area contributed by atoms with Crippen molar-refractivity contribution in [3.8, 4) is 0 Å². The van der Waals surface area contributed by atoms with Crippen molar-refractivity contribution in [3.05, 3.63) is 36.5 Å². The number of fused-ring (bicyclic) bond motifs is 5. The third kappa shape index (κ3) is 1.87. The van der Waals surface area contributed by atoms with Crippen LogP contribution in [0.2, 0.25) is 0 Å². The molecule has 112 valence electrons. The van der Waals surface area contributed by atoms with Crippen LogP contribution in [0, 0.1) is 23.7 Å². The Balaban J connectivity index is 1.47. The molecule has 4 atom stereocenters. The molecule has 0 aromatic carbocycles. The van der Waals surface area contributed by atoms with Crippen molar-refractivity contribution >= 4 is 23.5 Å². The lowest BCUT2D eigenvalue weighted by Gasteiger charge is -2.16. The van der Waals surface area contributed by atoms with Crippen LogP contribution in [-0.4, -0.2) is 34.2 Å². The van der Waals surface area contributed by atoms with Crippen LogP contribution in [0.15, 0.2) is 36.5 Å². The summed E-state index contributed by atoms with van der Waals surface area (Å²) in [5.41, 5.74) is 0. The molecular weight excluding hydrogens is 282 g/mol. The monoisotopic (exact) mass is 297 g/mol. The van der Waals surface area contributed by atoms with Gasteiger partial charge in [0.15, 0.2) is 0 Å². The minimum absolute atomic E-state index is 0.162. The van der Waals surface area contributed by atoms with Gasteiger partial charge < -0.3 is 5.32 Å². The average molecular weight is 297 g/mol. The quantitative estimate of drug-likeness (QED) is 0.662. The highest BCUT2D eigenvalue weighted by molar-refractivity contribution is 6.09. The smallest absolute Gasteiger partial charge is 0.245 e. The van der Waals surface area contributed by atoms with Crippen LogP contribution in [0.1, 0.15) is 6.42 Å². The first kappa shape index (κ1) is 13.2. The van der Waals surface area contributed by atoms with Gasteiger partial charge in [-0.1, -0.05) is 18.2 Å². The van der Waals surface area contributed by atoms with E-state index in [0.717, 1.165) is 11.3 Å². The van der Waals surface area contributed by atoms with Gasteiger partial charge in [0.05, 0.1) is 11.8 Å². The lowest BCUT2D eigenvalue weighted by molar-refractivity contribution is -0.143. The average Bonchev–Trinajstić information content (AvgIpc) is 3.18. The van der Waals surface area contributed by atoms with Crippen molar-refractivity contribution in [1.82, 2.24) is 9.88 Å². The molecule has 6 heteroatoms. The molecule has 2 fully saturated rings. The second kappa shape index (κ2) is 4.76. The van der Waals surface area contributed by atoms with E-state index in [-0.39, 0.29) is 42.0 Å². The van der Waals surface area contributed by atoms with Crippen LogP contribution >= 0.6 is 0 Å². The zero-order valence-electron chi connectivity index (χ0n) is 11.8. The lowest BCUT2D eigenvalue weighted by Crippen LogP contribution is -2.39. The van der Waals surface area contributed by atoms with Gasteiger partial charge in [-0.25, -0.2) is 4.98 Å². The predicted octanol–water partition coefficient (Wildman–Crippen LogP) is 0.827. The molecule has 1 saturated carbocycles. The molecule has 4 rings (SSSR count). The van der Waals surface area contributed by atoms with Gasteiger partial charge in [0.2, 0.25) is 17.7 Å². The zero-order chi connectivity index (χ0) is 15.3. The summed E-state index contributed by atoms with van der Waals surface area (Å²) in [4.78, 5) is 42.0. The van der Waals surface area contributed by atoms with Crippen LogP contribution in [0.3, 0.4) is 0 Å². The topological polar surface area (TPSA) is 79.4 Å². The number of nitrogens with one attached hydrogen (secondary N) is 1. The Hall–Kier alpha value is -2.50. The van der Waals surface area contributed by atoms with Gasteiger partial charge in [-0.05, 0) is 30.4 Å². The minimum atomic E-state index is -0.402. The number of likely N-dealkylation sites (tertiary alicyclic amines) is 1. The maximum atomic E-state index is 12.5. The molecule has 3 aliphatic rings. The van der Waals surface area contributed by atoms with Crippen LogP contribution in [-0.2, 0) is 14.4 Å². The Labute approximate surface area is 127 Å². The maximum Gasteiger partial charge on any atom is 0.245 e. The fourth-order valence-electron chi connectivity index (χ4n) is 3.88. The number of pyridine rings is 1. The predicted molar refractivity (Wildman–Crippen MR) is 77.3 cm³/mol. The third-order valence-corrected chi connectivity index (χ3v) is 4.80. The normalized spacial score (nSPS) is 31.7. The van der Waals surface area contributed by atoms with E-state index in [0.29, 0.717) is 5.82 Å². The highest BCUT2D eigenvalue weighted by Gasteiger charge is 2.59. The molecular formula is C16H15N3O3. The molecule has 0 radical (unpaired) electrons. The van der Waals surface area contributed by atoms with Gasteiger partial charge in [-0.15, -0.1) is 0 Å². The molecule has 1 aromatic rings. The van der Waals surface area contributed by atoms with Crippen molar-refractivity contribution in [2.24, 2.45) is 23.7 Å². The van der Waals surface area contributed by atoms with Gasteiger partial charge in [-0.3, -0.25) is 19.3 Å². The molecule has 2 heterocycles. The highest BCUT2D eigenvalue weighted by atomic mass is 16.2. The van der Waals surface area contributed by atoms with Crippen LogP contribution in [0.5, 0.6) is 0 Å². The number of hydrogen-bond acceptors (Lipinski definition) is 4. The second-order valence-electron chi connectivity index (χ2n) is 6.03. The van der Waals surface area contributed by atoms with Gasteiger partial charge in [-0.2, -0.15) is 0 Å². The number of amides is 3. The summed E-state index contributed by atoms with van der Waals surface area (Å²) in [6, 6.07) is 5.15. The first-order valence-electron chi connectivity index (χ1n) is 7.39. The van der Waals surface area contributed by atoms with E-state index in [9.17, 15) is 14.4 Å².